The standard InChI is InChI=1S/C18H16ClN5O3/c1-11-9-12(19)7-8-13(11)22-17-16(24(25)26)18(21-10-20-17)23-14-5-3-4-6-15(14)27-2/h3-10H,1-2H3,(H2,20,21,22,23). The largest absolute Gasteiger partial charge is 0.495 e. The van der Waals surface area contributed by atoms with Crippen LogP contribution in [0.5, 0.6) is 5.75 Å². The van der Waals surface area contributed by atoms with Gasteiger partial charge < -0.3 is 15.4 Å². The molecule has 0 spiro atoms. The molecule has 0 radical (unpaired) electrons. The zero-order valence-corrected chi connectivity index (χ0v) is 15.3. The van der Waals surface area contributed by atoms with Crippen LogP contribution in [0.15, 0.2) is 48.8 Å². The van der Waals surface area contributed by atoms with Crippen molar-refractivity contribution in [2.75, 3.05) is 17.7 Å². The molecule has 3 aromatic rings. The summed E-state index contributed by atoms with van der Waals surface area (Å²) in [6, 6.07) is 12.2. The Kier molecular flexibility index (Phi) is 5.37. The SMILES string of the molecule is COc1ccccc1Nc1ncnc(Nc2ccc(Cl)cc2C)c1[N+](=O)[O-]. The van der Waals surface area contributed by atoms with Gasteiger partial charge in [-0.1, -0.05) is 23.7 Å². The van der Waals surface area contributed by atoms with E-state index in [9.17, 15) is 10.1 Å². The van der Waals surface area contributed by atoms with Gasteiger partial charge in [0.05, 0.1) is 17.7 Å². The van der Waals surface area contributed by atoms with E-state index in [1.54, 1.807) is 42.5 Å². The third kappa shape index (κ3) is 4.06. The van der Waals surface area contributed by atoms with Crippen molar-refractivity contribution < 1.29 is 9.66 Å². The van der Waals surface area contributed by atoms with Crippen molar-refractivity contribution >= 4 is 40.3 Å². The predicted octanol–water partition coefficient (Wildman–Crippen LogP) is 4.84. The van der Waals surface area contributed by atoms with Crippen molar-refractivity contribution in [2.24, 2.45) is 0 Å². The third-order valence-corrected chi connectivity index (χ3v) is 4.04. The lowest BCUT2D eigenvalue weighted by Crippen LogP contribution is -2.06. The smallest absolute Gasteiger partial charge is 0.353 e. The number of ether oxygens (including phenoxy) is 1. The summed E-state index contributed by atoms with van der Waals surface area (Å²) in [5.74, 6) is 0.653. The number of para-hydroxylation sites is 2. The Balaban J connectivity index is 2.01. The summed E-state index contributed by atoms with van der Waals surface area (Å²) >= 11 is 5.96. The number of benzene rings is 2. The highest BCUT2D eigenvalue weighted by Crippen LogP contribution is 2.36. The number of methoxy groups -OCH3 is 1. The van der Waals surface area contributed by atoms with Gasteiger partial charge >= 0.3 is 5.69 Å². The Morgan fingerprint density at radius 2 is 1.74 bits per heavy atom. The first kappa shape index (κ1) is 18.4. The Bertz CT molecular complexity index is 996. The molecule has 0 saturated carbocycles. The number of nitrogens with zero attached hydrogens (tertiary/aromatic N) is 3. The first-order valence-electron chi connectivity index (χ1n) is 7.92. The fourth-order valence-corrected chi connectivity index (χ4v) is 2.73. The van der Waals surface area contributed by atoms with Crippen LogP contribution in [-0.2, 0) is 0 Å². The lowest BCUT2D eigenvalue weighted by molar-refractivity contribution is -0.383. The van der Waals surface area contributed by atoms with Gasteiger partial charge in [0.1, 0.15) is 12.1 Å². The quantitative estimate of drug-likeness (QED) is 0.462. The number of aryl methyl sites for hydroxylation is 1. The molecule has 0 amide bonds. The molecule has 0 fully saturated rings. The molecule has 0 bridgehead atoms. The molecule has 1 aromatic heterocycles. The summed E-state index contributed by atoms with van der Waals surface area (Å²) in [6.07, 6.45) is 1.25. The van der Waals surface area contributed by atoms with Gasteiger partial charge in [-0.15, -0.1) is 0 Å². The zero-order chi connectivity index (χ0) is 19.4. The average Bonchev–Trinajstić information content (AvgIpc) is 2.64. The number of hydrogen-bond acceptors (Lipinski definition) is 7. The summed E-state index contributed by atoms with van der Waals surface area (Å²) in [5.41, 5.74) is 1.76. The molecule has 8 nitrogen and oxygen atoms in total. The Morgan fingerprint density at radius 3 is 2.37 bits per heavy atom. The maximum atomic E-state index is 11.7. The van der Waals surface area contributed by atoms with E-state index < -0.39 is 4.92 Å². The highest BCUT2D eigenvalue weighted by Gasteiger charge is 2.24. The molecule has 9 heteroatoms. The zero-order valence-electron chi connectivity index (χ0n) is 14.6. The Morgan fingerprint density at radius 1 is 1.07 bits per heavy atom. The maximum absolute atomic E-state index is 11.7. The molecule has 138 valence electrons. The van der Waals surface area contributed by atoms with E-state index in [1.165, 1.54) is 13.4 Å². The molecule has 1 heterocycles. The van der Waals surface area contributed by atoms with E-state index in [1.807, 2.05) is 6.92 Å². The van der Waals surface area contributed by atoms with E-state index in [0.717, 1.165) is 5.56 Å². The summed E-state index contributed by atoms with van der Waals surface area (Å²) < 4.78 is 5.27. The van der Waals surface area contributed by atoms with Crippen molar-refractivity contribution in [3.05, 3.63) is 69.5 Å². The van der Waals surface area contributed by atoms with Gasteiger partial charge in [0, 0.05) is 10.7 Å². The van der Waals surface area contributed by atoms with Crippen LogP contribution in [0.2, 0.25) is 5.02 Å². The number of hydrogen-bond donors (Lipinski definition) is 2. The number of nitro groups is 1. The van der Waals surface area contributed by atoms with Gasteiger partial charge in [0.2, 0.25) is 11.6 Å². The van der Waals surface area contributed by atoms with E-state index in [-0.39, 0.29) is 17.3 Å². The summed E-state index contributed by atoms with van der Waals surface area (Å²) in [6.45, 7) is 1.84. The number of aromatic nitrogens is 2. The monoisotopic (exact) mass is 385 g/mol. The van der Waals surface area contributed by atoms with E-state index in [2.05, 4.69) is 20.6 Å². The van der Waals surface area contributed by atoms with E-state index >= 15 is 0 Å². The number of anilines is 4. The molecule has 0 aliphatic rings. The van der Waals surface area contributed by atoms with Crippen molar-refractivity contribution in [1.29, 1.82) is 0 Å². The second-order valence-electron chi connectivity index (χ2n) is 5.59. The van der Waals surface area contributed by atoms with Crippen LogP contribution in [0, 0.1) is 17.0 Å². The lowest BCUT2D eigenvalue weighted by Gasteiger charge is -2.13. The first-order chi connectivity index (χ1) is 13.0. The van der Waals surface area contributed by atoms with Gasteiger partial charge in [-0.05, 0) is 42.8 Å². The number of halogens is 1. The van der Waals surface area contributed by atoms with Crippen LogP contribution in [0.1, 0.15) is 5.56 Å². The lowest BCUT2D eigenvalue weighted by atomic mass is 10.2. The molecule has 0 aliphatic heterocycles. The molecular weight excluding hydrogens is 370 g/mol. The van der Waals surface area contributed by atoms with Crippen molar-refractivity contribution in [3.8, 4) is 5.75 Å². The Labute approximate surface area is 160 Å². The summed E-state index contributed by atoms with van der Waals surface area (Å²) in [4.78, 5) is 19.2. The molecule has 2 N–H and O–H groups in total. The molecule has 0 saturated heterocycles. The molecule has 0 unspecified atom stereocenters. The van der Waals surface area contributed by atoms with Gasteiger partial charge in [0.25, 0.3) is 0 Å². The molecule has 0 atom stereocenters. The maximum Gasteiger partial charge on any atom is 0.353 e. The van der Waals surface area contributed by atoms with Gasteiger partial charge in [-0.25, -0.2) is 9.97 Å². The third-order valence-electron chi connectivity index (χ3n) is 3.81. The molecule has 3 rings (SSSR count). The number of nitrogens with one attached hydrogen (secondary N) is 2. The first-order valence-corrected chi connectivity index (χ1v) is 8.30. The predicted molar refractivity (Wildman–Crippen MR) is 104 cm³/mol. The normalized spacial score (nSPS) is 10.3. The van der Waals surface area contributed by atoms with Crippen LogP contribution in [0.25, 0.3) is 0 Å². The topological polar surface area (TPSA) is 102 Å². The van der Waals surface area contributed by atoms with E-state index in [4.69, 9.17) is 16.3 Å². The molecular formula is C18H16ClN5O3. The van der Waals surface area contributed by atoms with Gasteiger partial charge in [-0.3, -0.25) is 10.1 Å². The second kappa shape index (κ2) is 7.88. The van der Waals surface area contributed by atoms with Crippen molar-refractivity contribution in [1.82, 2.24) is 9.97 Å². The van der Waals surface area contributed by atoms with Crippen molar-refractivity contribution in [2.45, 2.75) is 6.92 Å². The average molecular weight is 386 g/mol. The van der Waals surface area contributed by atoms with Crippen LogP contribution in [0.3, 0.4) is 0 Å². The molecule has 2 aromatic carbocycles. The van der Waals surface area contributed by atoms with E-state index in [0.29, 0.717) is 22.1 Å². The minimum absolute atomic E-state index is 0.0496. The molecule has 0 aliphatic carbocycles. The molecule has 27 heavy (non-hydrogen) atoms. The second-order valence-corrected chi connectivity index (χ2v) is 6.02. The highest BCUT2D eigenvalue weighted by atomic mass is 35.5. The van der Waals surface area contributed by atoms with Crippen molar-refractivity contribution in [3.63, 3.8) is 0 Å². The number of rotatable bonds is 6. The van der Waals surface area contributed by atoms with Gasteiger partial charge in [0.15, 0.2) is 0 Å². The fourth-order valence-electron chi connectivity index (χ4n) is 2.51. The summed E-state index contributed by atoms with van der Waals surface area (Å²) in [7, 11) is 1.52. The highest BCUT2D eigenvalue weighted by molar-refractivity contribution is 6.30. The minimum Gasteiger partial charge on any atom is -0.495 e. The van der Waals surface area contributed by atoms with Crippen LogP contribution in [0.4, 0.5) is 28.7 Å². The fraction of sp³-hybridized carbons (Fsp3) is 0.111. The van der Waals surface area contributed by atoms with Crippen LogP contribution >= 0.6 is 11.6 Å². The minimum atomic E-state index is -0.536. The van der Waals surface area contributed by atoms with Gasteiger partial charge in [-0.2, -0.15) is 0 Å². The van der Waals surface area contributed by atoms with Crippen LogP contribution in [-0.4, -0.2) is 22.0 Å². The Hall–Kier alpha value is -3.39. The summed E-state index contributed by atoms with van der Waals surface area (Å²) in [5, 5.41) is 18.2. The van der Waals surface area contributed by atoms with Crippen LogP contribution < -0.4 is 15.4 Å².